The van der Waals surface area contributed by atoms with E-state index in [0.717, 1.165) is 63.1 Å². The van der Waals surface area contributed by atoms with Crippen LogP contribution in [0.25, 0.3) is 0 Å². The first-order chi connectivity index (χ1) is 11.4. The van der Waals surface area contributed by atoms with Gasteiger partial charge in [-0.15, -0.1) is 0 Å². The topological polar surface area (TPSA) is 46.6 Å². The lowest BCUT2D eigenvalue weighted by molar-refractivity contribution is 0.122. The summed E-state index contributed by atoms with van der Waals surface area (Å²) in [6.07, 6.45) is 2.94. The molecule has 2 aliphatic heterocycles. The van der Waals surface area contributed by atoms with Crippen molar-refractivity contribution in [2.45, 2.75) is 13.0 Å². The van der Waals surface area contributed by atoms with Crippen molar-refractivity contribution in [1.82, 2.24) is 4.98 Å². The first-order valence-corrected chi connectivity index (χ1v) is 8.16. The lowest BCUT2D eigenvalue weighted by Crippen LogP contribution is -2.36. The molecule has 5 heteroatoms. The maximum atomic E-state index is 5.54. The Morgan fingerprint density at radius 3 is 2.83 bits per heavy atom. The van der Waals surface area contributed by atoms with Gasteiger partial charge in [-0.2, -0.15) is 0 Å². The maximum Gasteiger partial charge on any atom is 0.126 e. The molecular formula is C18H21N3O2. The van der Waals surface area contributed by atoms with Crippen molar-refractivity contribution < 1.29 is 9.47 Å². The third-order valence-electron chi connectivity index (χ3n) is 4.35. The highest BCUT2D eigenvalue weighted by molar-refractivity contribution is 5.50. The molecule has 0 unspecified atom stereocenters. The van der Waals surface area contributed by atoms with E-state index in [-0.39, 0.29) is 0 Å². The van der Waals surface area contributed by atoms with Gasteiger partial charge in [0.25, 0.3) is 0 Å². The zero-order valence-electron chi connectivity index (χ0n) is 13.1. The molecule has 1 fully saturated rings. The van der Waals surface area contributed by atoms with Gasteiger partial charge in [0.2, 0.25) is 0 Å². The molecule has 1 aromatic heterocycles. The van der Waals surface area contributed by atoms with Crippen LogP contribution in [0.1, 0.15) is 11.1 Å². The zero-order chi connectivity index (χ0) is 15.5. The average Bonchev–Trinajstić information content (AvgIpc) is 3.09. The molecule has 2 aromatic rings. The second kappa shape index (κ2) is 6.46. The number of fused-ring (bicyclic) bond motifs is 1. The average molecular weight is 311 g/mol. The zero-order valence-corrected chi connectivity index (χ0v) is 13.1. The van der Waals surface area contributed by atoms with E-state index in [1.165, 1.54) is 11.1 Å². The number of ether oxygens (including phenoxy) is 2. The number of pyridine rings is 1. The molecule has 1 N–H and O–H groups in total. The summed E-state index contributed by atoms with van der Waals surface area (Å²) in [4.78, 5) is 6.83. The van der Waals surface area contributed by atoms with E-state index in [2.05, 4.69) is 39.5 Å². The smallest absolute Gasteiger partial charge is 0.126 e. The summed E-state index contributed by atoms with van der Waals surface area (Å²) in [5.74, 6) is 1.93. The van der Waals surface area contributed by atoms with Gasteiger partial charge in [-0.1, -0.05) is 12.1 Å². The van der Waals surface area contributed by atoms with E-state index in [9.17, 15) is 0 Å². The molecule has 4 rings (SSSR count). The number of hydrogen-bond donors (Lipinski definition) is 1. The minimum atomic E-state index is 0.775. The summed E-state index contributed by atoms with van der Waals surface area (Å²) >= 11 is 0. The molecule has 0 atom stereocenters. The van der Waals surface area contributed by atoms with Gasteiger partial charge in [-0.05, 0) is 29.3 Å². The Balaban J connectivity index is 1.37. The molecule has 2 aliphatic rings. The Morgan fingerprint density at radius 2 is 2.00 bits per heavy atom. The van der Waals surface area contributed by atoms with Crippen LogP contribution in [0.15, 0.2) is 36.5 Å². The Kier molecular flexibility index (Phi) is 4.03. The van der Waals surface area contributed by atoms with Crippen molar-refractivity contribution in [3.05, 3.63) is 47.7 Å². The number of hydrogen-bond acceptors (Lipinski definition) is 5. The van der Waals surface area contributed by atoms with Crippen molar-refractivity contribution in [3.8, 4) is 5.75 Å². The van der Waals surface area contributed by atoms with Gasteiger partial charge in [-0.25, -0.2) is 4.98 Å². The van der Waals surface area contributed by atoms with Crippen molar-refractivity contribution >= 4 is 11.5 Å². The summed E-state index contributed by atoms with van der Waals surface area (Å²) in [7, 11) is 0. The van der Waals surface area contributed by atoms with Crippen LogP contribution in [0, 0.1) is 0 Å². The fourth-order valence-corrected chi connectivity index (χ4v) is 3.04. The minimum Gasteiger partial charge on any atom is -0.493 e. The number of morpholine rings is 1. The highest BCUT2D eigenvalue weighted by atomic mass is 16.5. The molecule has 120 valence electrons. The van der Waals surface area contributed by atoms with Gasteiger partial charge in [0.15, 0.2) is 0 Å². The highest BCUT2D eigenvalue weighted by Gasteiger charge is 2.13. The van der Waals surface area contributed by atoms with Crippen LogP contribution < -0.4 is 15.0 Å². The Morgan fingerprint density at radius 1 is 1.09 bits per heavy atom. The normalized spacial score (nSPS) is 16.8. The van der Waals surface area contributed by atoms with Gasteiger partial charge in [0, 0.05) is 26.1 Å². The van der Waals surface area contributed by atoms with E-state index in [1.807, 2.05) is 12.3 Å². The molecule has 0 aliphatic carbocycles. The van der Waals surface area contributed by atoms with Crippen LogP contribution in [0.3, 0.4) is 0 Å². The second-order valence-corrected chi connectivity index (χ2v) is 5.90. The Bertz CT molecular complexity index is 666. The monoisotopic (exact) mass is 311 g/mol. The van der Waals surface area contributed by atoms with Crippen LogP contribution in [0.5, 0.6) is 5.75 Å². The van der Waals surface area contributed by atoms with E-state index in [1.54, 1.807) is 0 Å². The van der Waals surface area contributed by atoms with Crippen LogP contribution in [0.4, 0.5) is 11.5 Å². The van der Waals surface area contributed by atoms with Crippen LogP contribution in [-0.2, 0) is 17.7 Å². The van der Waals surface area contributed by atoms with Crippen molar-refractivity contribution in [3.63, 3.8) is 0 Å². The fraction of sp³-hybridized carbons (Fsp3) is 0.389. The maximum absolute atomic E-state index is 5.54. The standard InChI is InChI=1S/C18H21N3O2/c1-3-17-15(5-8-23-17)11-14(1)12-19-18-4-2-16(13-20-18)21-6-9-22-10-7-21/h1-4,11,13H,5-10,12H2,(H,19,20). The van der Waals surface area contributed by atoms with Gasteiger partial charge < -0.3 is 19.7 Å². The largest absolute Gasteiger partial charge is 0.493 e. The quantitative estimate of drug-likeness (QED) is 0.940. The number of nitrogens with zero attached hydrogens (tertiary/aromatic N) is 2. The molecule has 0 radical (unpaired) electrons. The predicted molar refractivity (Wildman–Crippen MR) is 90.2 cm³/mol. The van der Waals surface area contributed by atoms with Gasteiger partial charge in [0.05, 0.1) is 31.7 Å². The third-order valence-corrected chi connectivity index (χ3v) is 4.35. The van der Waals surface area contributed by atoms with Gasteiger partial charge >= 0.3 is 0 Å². The lowest BCUT2D eigenvalue weighted by atomic mass is 10.1. The molecule has 0 spiro atoms. The molecule has 5 nitrogen and oxygen atoms in total. The second-order valence-electron chi connectivity index (χ2n) is 5.90. The first-order valence-electron chi connectivity index (χ1n) is 8.16. The summed E-state index contributed by atoms with van der Waals surface area (Å²) in [6.45, 7) is 5.04. The lowest BCUT2D eigenvalue weighted by Gasteiger charge is -2.28. The van der Waals surface area contributed by atoms with Gasteiger partial charge in [-0.3, -0.25) is 0 Å². The Labute approximate surface area is 136 Å². The summed E-state index contributed by atoms with van der Waals surface area (Å²) in [5, 5.41) is 3.39. The molecular weight excluding hydrogens is 290 g/mol. The molecule has 1 aromatic carbocycles. The SMILES string of the molecule is c1cc2c(cc1CNc1ccc(N3CCOCC3)cn1)CCO2. The molecule has 1 saturated heterocycles. The molecule has 0 bridgehead atoms. The third kappa shape index (κ3) is 3.24. The molecule has 0 saturated carbocycles. The minimum absolute atomic E-state index is 0.775. The van der Waals surface area contributed by atoms with Crippen LogP contribution >= 0.6 is 0 Å². The molecule has 0 amide bonds. The van der Waals surface area contributed by atoms with Crippen molar-refractivity contribution in [1.29, 1.82) is 0 Å². The molecule has 3 heterocycles. The summed E-state index contributed by atoms with van der Waals surface area (Å²) in [6, 6.07) is 10.6. The highest BCUT2D eigenvalue weighted by Crippen LogP contribution is 2.26. The van der Waals surface area contributed by atoms with E-state index >= 15 is 0 Å². The number of aromatic nitrogens is 1. The van der Waals surface area contributed by atoms with E-state index in [4.69, 9.17) is 9.47 Å². The van der Waals surface area contributed by atoms with E-state index in [0.29, 0.717) is 0 Å². The Hall–Kier alpha value is -2.27. The summed E-state index contributed by atoms with van der Waals surface area (Å²) in [5.41, 5.74) is 3.72. The van der Waals surface area contributed by atoms with Crippen LogP contribution in [0.2, 0.25) is 0 Å². The van der Waals surface area contributed by atoms with Gasteiger partial charge in [0.1, 0.15) is 11.6 Å². The number of anilines is 2. The number of nitrogens with one attached hydrogen (secondary N) is 1. The summed E-state index contributed by atoms with van der Waals surface area (Å²) < 4.78 is 10.9. The number of rotatable bonds is 4. The predicted octanol–water partition coefficient (Wildman–Crippen LogP) is 2.47. The van der Waals surface area contributed by atoms with Crippen LogP contribution in [-0.4, -0.2) is 37.9 Å². The fourth-order valence-electron chi connectivity index (χ4n) is 3.04. The van der Waals surface area contributed by atoms with Crippen molar-refractivity contribution in [2.75, 3.05) is 43.1 Å². The number of benzene rings is 1. The van der Waals surface area contributed by atoms with E-state index < -0.39 is 0 Å². The van der Waals surface area contributed by atoms with Crippen molar-refractivity contribution in [2.24, 2.45) is 0 Å². The first kappa shape index (κ1) is 14.3. The molecule has 23 heavy (non-hydrogen) atoms.